The minimum absolute atomic E-state index is 0.627. The molecule has 0 bridgehead atoms. The van der Waals surface area contributed by atoms with Crippen molar-refractivity contribution in [2.75, 3.05) is 36.2 Å². The molecule has 1 aromatic heterocycles. The van der Waals surface area contributed by atoms with Gasteiger partial charge in [0, 0.05) is 19.3 Å². The van der Waals surface area contributed by atoms with E-state index in [0.29, 0.717) is 11.7 Å². The maximum atomic E-state index is 5.82. The molecular formula is C11H15N3OS. The first-order chi connectivity index (χ1) is 7.72. The summed E-state index contributed by atoms with van der Waals surface area (Å²) in [7, 11) is 1.97. The molecule has 0 radical (unpaired) electrons. The average molecular weight is 237 g/mol. The van der Waals surface area contributed by atoms with E-state index < -0.39 is 0 Å². The van der Waals surface area contributed by atoms with Crippen molar-refractivity contribution >= 4 is 34.6 Å². The first-order valence-corrected chi connectivity index (χ1v) is 6.47. The lowest BCUT2D eigenvalue weighted by atomic mass is 10.3. The highest BCUT2D eigenvalue weighted by Crippen LogP contribution is 2.25. The Hall–Kier alpha value is -1.36. The van der Waals surface area contributed by atoms with E-state index in [1.165, 1.54) is 0 Å². The van der Waals surface area contributed by atoms with Crippen LogP contribution in [-0.4, -0.2) is 30.6 Å². The molecule has 0 amide bonds. The number of nitrogen functional groups attached to an aromatic ring is 1. The van der Waals surface area contributed by atoms with Gasteiger partial charge < -0.3 is 15.1 Å². The number of thioether (sulfide) groups is 1. The standard InChI is InChI=1S/C11H15N3OS/c1-14(6-7-16-2)11-13-10-8(12)4-3-5-9(10)15-11/h3-5H,6-7,12H2,1-2H3. The molecule has 1 aromatic carbocycles. The maximum absolute atomic E-state index is 5.82. The summed E-state index contributed by atoms with van der Waals surface area (Å²) in [5.41, 5.74) is 7.97. The summed E-state index contributed by atoms with van der Waals surface area (Å²) < 4.78 is 5.63. The van der Waals surface area contributed by atoms with Gasteiger partial charge in [-0.05, 0) is 18.4 Å². The van der Waals surface area contributed by atoms with E-state index in [-0.39, 0.29) is 0 Å². The van der Waals surface area contributed by atoms with Gasteiger partial charge in [0.05, 0.1) is 5.69 Å². The quantitative estimate of drug-likeness (QED) is 0.826. The average Bonchev–Trinajstić information content (AvgIpc) is 2.71. The van der Waals surface area contributed by atoms with Crippen LogP contribution in [0.2, 0.25) is 0 Å². The molecule has 0 unspecified atom stereocenters. The highest BCUT2D eigenvalue weighted by Gasteiger charge is 2.11. The van der Waals surface area contributed by atoms with Gasteiger partial charge in [-0.3, -0.25) is 0 Å². The summed E-state index contributed by atoms with van der Waals surface area (Å²) in [6.07, 6.45) is 2.08. The molecule has 0 spiro atoms. The van der Waals surface area contributed by atoms with E-state index in [1.54, 1.807) is 11.8 Å². The zero-order valence-corrected chi connectivity index (χ0v) is 10.3. The lowest BCUT2D eigenvalue weighted by Gasteiger charge is -2.12. The fraction of sp³-hybridized carbons (Fsp3) is 0.364. The van der Waals surface area contributed by atoms with Crippen molar-refractivity contribution in [3.8, 4) is 0 Å². The molecule has 0 saturated heterocycles. The fourth-order valence-corrected chi connectivity index (χ4v) is 1.90. The highest BCUT2D eigenvalue weighted by atomic mass is 32.2. The number of hydrogen-bond acceptors (Lipinski definition) is 5. The van der Waals surface area contributed by atoms with Crippen LogP contribution < -0.4 is 10.6 Å². The Morgan fingerprint density at radius 1 is 1.50 bits per heavy atom. The number of aromatic nitrogens is 1. The summed E-state index contributed by atoms with van der Waals surface area (Å²) in [6.45, 7) is 0.911. The molecule has 0 saturated carbocycles. The van der Waals surface area contributed by atoms with E-state index in [2.05, 4.69) is 11.2 Å². The van der Waals surface area contributed by atoms with E-state index in [4.69, 9.17) is 10.2 Å². The van der Waals surface area contributed by atoms with Crippen LogP contribution in [0.1, 0.15) is 0 Å². The van der Waals surface area contributed by atoms with Crippen LogP contribution in [0.5, 0.6) is 0 Å². The monoisotopic (exact) mass is 237 g/mol. The largest absolute Gasteiger partial charge is 0.423 e. The predicted molar refractivity (Wildman–Crippen MR) is 70.1 cm³/mol. The first-order valence-electron chi connectivity index (χ1n) is 5.07. The number of rotatable bonds is 4. The molecule has 0 atom stereocenters. The molecule has 2 N–H and O–H groups in total. The molecule has 2 rings (SSSR count). The number of oxazole rings is 1. The van der Waals surface area contributed by atoms with Gasteiger partial charge in [-0.15, -0.1) is 0 Å². The van der Waals surface area contributed by atoms with Gasteiger partial charge in [-0.1, -0.05) is 6.07 Å². The third kappa shape index (κ3) is 2.09. The third-order valence-corrected chi connectivity index (χ3v) is 2.99. The first kappa shape index (κ1) is 11.1. The summed E-state index contributed by atoms with van der Waals surface area (Å²) in [6, 6.07) is 6.21. The fourth-order valence-electron chi connectivity index (χ4n) is 1.45. The topological polar surface area (TPSA) is 55.3 Å². The van der Waals surface area contributed by atoms with Crippen LogP contribution in [0, 0.1) is 0 Å². The van der Waals surface area contributed by atoms with Gasteiger partial charge in [-0.25, -0.2) is 0 Å². The van der Waals surface area contributed by atoms with Crippen molar-refractivity contribution in [3.05, 3.63) is 18.2 Å². The molecule has 2 aromatic rings. The van der Waals surface area contributed by atoms with Gasteiger partial charge in [-0.2, -0.15) is 16.7 Å². The second-order valence-corrected chi connectivity index (χ2v) is 4.59. The molecule has 4 nitrogen and oxygen atoms in total. The molecule has 0 aliphatic carbocycles. The molecule has 0 aliphatic heterocycles. The zero-order valence-electron chi connectivity index (χ0n) is 9.43. The number of nitrogens with zero attached hydrogens (tertiary/aromatic N) is 2. The van der Waals surface area contributed by atoms with Crippen LogP contribution in [0.25, 0.3) is 11.1 Å². The molecule has 1 heterocycles. The van der Waals surface area contributed by atoms with Crippen molar-refractivity contribution in [3.63, 3.8) is 0 Å². The van der Waals surface area contributed by atoms with Crippen molar-refractivity contribution in [1.82, 2.24) is 4.98 Å². The minimum Gasteiger partial charge on any atom is -0.423 e. The summed E-state index contributed by atoms with van der Waals surface area (Å²) in [5, 5.41) is 0. The lowest BCUT2D eigenvalue weighted by molar-refractivity contribution is 0.588. The van der Waals surface area contributed by atoms with Crippen LogP contribution in [-0.2, 0) is 0 Å². The van der Waals surface area contributed by atoms with Gasteiger partial charge in [0.25, 0.3) is 6.01 Å². The van der Waals surface area contributed by atoms with Crippen LogP contribution >= 0.6 is 11.8 Å². The normalized spacial score (nSPS) is 10.9. The van der Waals surface area contributed by atoms with Crippen molar-refractivity contribution in [1.29, 1.82) is 0 Å². The minimum atomic E-state index is 0.627. The van der Waals surface area contributed by atoms with Crippen molar-refractivity contribution in [2.24, 2.45) is 0 Å². The van der Waals surface area contributed by atoms with Crippen LogP contribution in [0.4, 0.5) is 11.7 Å². The summed E-state index contributed by atoms with van der Waals surface area (Å²) >= 11 is 1.80. The smallest absolute Gasteiger partial charge is 0.298 e. The molecule has 16 heavy (non-hydrogen) atoms. The number of benzene rings is 1. The Labute approximate surface area is 98.8 Å². The summed E-state index contributed by atoms with van der Waals surface area (Å²) in [5.74, 6) is 1.05. The van der Waals surface area contributed by atoms with Crippen molar-refractivity contribution in [2.45, 2.75) is 0 Å². The van der Waals surface area contributed by atoms with E-state index >= 15 is 0 Å². The molecule has 86 valence electrons. The SMILES string of the molecule is CSCCN(C)c1nc2c(N)cccc2o1. The van der Waals surface area contributed by atoms with Gasteiger partial charge in [0.2, 0.25) is 0 Å². The lowest BCUT2D eigenvalue weighted by Crippen LogP contribution is -2.20. The zero-order chi connectivity index (χ0) is 11.5. The Morgan fingerprint density at radius 3 is 3.00 bits per heavy atom. The Morgan fingerprint density at radius 2 is 2.31 bits per heavy atom. The third-order valence-electron chi connectivity index (χ3n) is 2.40. The number of hydrogen-bond donors (Lipinski definition) is 1. The summed E-state index contributed by atoms with van der Waals surface area (Å²) in [4.78, 5) is 6.39. The van der Waals surface area contributed by atoms with E-state index in [1.807, 2.05) is 30.1 Å². The van der Waals surface area contributed by atoms with E-state index in [0.717, 1.165) is 23.4 Å². The second kappa shape index (κ2) is 4.65. The second-order valence-electron chi connectivity index (χ2n) is 3.60. The van der Waals surface area contributed by atoms with Gasteiger partial charge >= 0.3 is 0 Å². The Bertz CT molecular complexity index is 483. The predicted octanol–water partition coefficient (Wildman–Crippen LogP) is 2.21. The molecule has 0 fully saturated rings. The highest BCUT2D eigenvalue weighted by molar-refractivity contribution is 7.98. The van der Waals surface area contributed by atoms with E-state index in [9.17, 15) is 0 Å². The van der Waals surface area contributed by atoms with Crippen LogP contribution in [0.15, 0.2) is 22.6 Å². The van der Waals surface area contributed by atoms with Crippen LogP contribution in [0.3, 0.4) is 0 Å². The molecule has 5 heteroatoms. The Balaban J connectivity index is 2.29. The Kier molecular flexibility index (Phi) is 3.24. The number of anilines is 2. The molecular weight excluding hydrogens is 222 g/mol. The number of para-hydroxylation sites is 1. The molecule has 0 aliphatic rings. The van der Waals surface area contributed by atoms with Crippen molar-refractivity contribution < 1.29 is 4.42 Å². The van der Waals surface area contributed by atoms with Gasteiger partial charge in [0.15, 0.2) is 5.58 Å². The van der Waals surface area contributed by atoms with Gasteiger partial charge in [0.1, 0.15) is 5.52 Å². The number of nitrogens with two attached hydrogens (primary N) is 1. The number of fused-ring (bicyclic) bond motifs is 1. The maximum Gasteiger partial charge on any atom is 0.298 e.